The molecule has 0 bridgehead atoms. The Morgan fingerprint density at radius 1 is 1.08 bits per heavy atom. The Bertz CT molecular complexity index is 818. The van der Waals surface area contributed by atoms with E-state index >= 15 is 0 Å². The second-order valence-corrected chi connectivity index (χ2v) is 4.73. The lowest BCUT2D eigenvalue weighted by molar-refractivity contribution is -0.137. The first-order valence-corrected chi connectivity index (χ1v) is 7.09. The molecule has 25 heavy (non-hydrogen) atoms. The maximum absolute atomic E-state index is 12.1. The smallest absolute Gasteiger partial charge is 0.343 e. The quantitative estimate of drug-likeness (QED) is 0.275. The minimum atomic E-state index is -1.14. The van der Waals surface area contributed by atoms with Crippen LogP contribution in [0.5, 0.6) is 11.5 Å². The summed E-state index contributed by atoms with van der Waals surface area (Å²) < 4.78 is 10.5. The summed E-state index contributed by atoms with van der Waals surface area (Å²) in [5.74, 6) is -2.16. The van der Waals surface area contributed by atoms with Gasteiger partial charge in [0.05, 0.1) is 18.9 Å². The van der Waals surface area contributed by atoms with Crippen molar-refractivity contribution in [2.24, 2.45) is 10.8 Å². The monoisotopic (exact) mass is 341 g/mol. The van der Waals surface area contributed by atoms with Gasteiger partial charge in [0, 0.05) is 0 Å². The summed E-state index contributed by atoms with van der Waals surface area (Å²) in [6.45, 7) is 0. The number of hydrogen-bond acceptors (Lipinski definition) is 6. The summed E-state index contributed by atoms with van der Waals surface area (Å²) in [5, 5.41) is 3.59. The van der Waals surface area contributed by atoms with Crippen LogP contribution in [0.15, 0.2) is 53.6 Å². The number of carbonyl (C=O) groups excluding carboxylic acids is 3. The third-order valence-electron chi connectivity index (χ3n) is 3.00. The van der Waals surface area contributed by atoms with Gasteiger partial charge in [-0.05, 0) is 35.9 Å². The number of amides is 2. The van der Waals surface area contributed by atoms with Crippen molar-refractivity contribution in [2.45, 2.75) is 0 Å². The molecule has 0 heterocycles. The lowest BCUT2D eigenvalue weighted by Gasteiger charge is -2.09. The number of carbonyl (C=O) groups is 3. The fraction of sp³-hybridized carbons (Fsp3) is 0.0588. The third kappa shape index (κ3) is 4.90. The Hall–Kier alpha value is -3.68. The van der Waals surface area contributed by atoms with Crippen molar-refractivity contribution < 1.29 is 23.9 Å². The predicted octanol–water partition coefficient (Wildman–Crippen LogP) is 0.850. The first-order chi connectivity index (χ1) is 12.0. The van der Waals surface area contributed by atoms with Crippen LogP contribution >= 0.6 is 0 Å². The maximum atomic E-state index is 12.1. The lowest BCUT2D eigenvalue weighted by Crippen LogP contribution is -2.32. The molecule has 0 aliphatic rings. The largest absolute Gasteiger partial charge is 0.493 e. The van der Waals surface area contributed by atoms with Crippen LogP contribution in [0.2, 0.25) is 0 Å². The van der Waals surface area contributed by atoms with E-state index in [0.717, 1.165) is 0 Å². The molecule has 0 saturated heterocycles. The fourth-order valence-corrected chi connectivity index (χ4v) is 1.80. The highest BCUT2D eigenvalue weighted by atomic mass is 16.6. The lowest BCUT2D eigenvalue weighted by atomic mass is 10.2. The van der Waals surface area contributed by atoms with E-state index in [1.165, 1.54) is 19.4 Å². The Kier molecular flexibility index (Phi) is 5.83. The molecule has 2 rings (SSSR count). The molecule has 2 aromatic rings. The Morgan fingerprint density at radius 2 is 1.80 bits per heavy atom. The second-order valence-electron chi connectivity index (χ2n) is 4.73. The van der Waals surface area contributed by atoms with E-state index in [2.05, 4.69) is 5.10 Å². The number of nitrogens with two attached hydrogens (primary N) is 1. The molecule has 0 aliphatic heterocycles. The number of benzene rings is 2. The number of hydrogen-bond donors (Lipinski definition) is 2. The van der Waals surface area contributed by atoms with Gasteiger partial charge in [0.25, 0.3) is 0 Å². The van der Waals surface area contributed by atoms with Crippen LogP contribution in [0.25, 0.3) is 0 Å². The molecule has 0 atom stereocenters. The molecule has 0 aromatic heterocycles. The zero-order valence-corrected chi connectivity index (χ0v) is 13.3. The summed E-state index contributed by atoms with van der Waals surface area (Å²) in [4.78, 5) is 33.6. The molecule has 3 N–H and O–H groups in total. The molecular weight excluding hydrogens is 326 g/mol. The van der Waals surface area contributed by atoms with Crippen molar-refractivity contribution in [3.63, 3.8) is 0 Å². The Labute approximate surface area is 143 Å². The van der Waals surface area contributed by atoms with E-state index in [4.69, 9.17) is 15.2 Å². The van der Waals surface area contributed by atoms with E-state index in [1.807, 2.05) is 5.43 Å². The molecular formula is C17H15N3O5. The van der Waals surface area contributed by atoms with Crippen LogP contribution in [0, 0.1) is 0 Å². The molecule has 0 aliphatic carbocycles. The number of rotatable bonds is 5. The van der Waals surface area contributed by atoms with Crippen molar-refractivity contribution in [3.05, 3.63) is 59.7 Å². The van der Waals surface area contributed by atoms with Gasteiger partial charge in [-0.25, -0.2) is 10.2 Å². The van der Waals surface area contributed by atoms with Gasteiger partial charge in [-0.2, -0.15) is 5.10 Å². The van der Waals surface area contributed by atoms with Crippen LogP contribution in [0.4, 0.5) is 0 Å². The molecule has 0 spiro atoms. The maximum Gasteiger partial charge on any atom is 0.343 e. The zero-order chi connectivity index (χ0) is 18.2. The SMILES string of the molecule is COc1cc(C=NNC(=O)C(N)=O)ccc1OC(=O)c1ccccc1. The van der Waals surface area contributed by atoms with Crippen molar-refractivity contribution in [2.75, 3.05) is 7.11 Å². The average molecular weight is 341 g/mol. The fourth-order valence-electron chi connectivity index (χ4n) is 1.80. The molecule has 128 valence electrons. The highest BCUT2D eigenvalue weighted by Crippen LogP contribution is 2.28. The number of nitrogens with one attached hydrogen (secondary N) is 1. The summed E-state index contributed by atoms with van der Waals surface area (Å²) in [6.07, 6.45) is 1.28. The first kappa shape index (κ1) is 17.7. The topological polar surface area (TPSA) is 120 Å². The van der Waals surface area contributed by atoms with E-state index < -0.39 is 17.8 Å². The van der Waals surface area contributed by atoms with E-state index in [-0.39, 0.29) is 5.75 Å². The molecule has 8 heteroatoms. The summed E-state index contributed by atoms with van der Waals surface area (Å²) in [6, 6.07) is 13.2. The van der Waals surface area contributed by atoms with Gasteiger partial charge in [0.1, 0.15) is 0 Å². The number of methoxy groups -OCH3 is 1. The summed E-state index contributed by atoms with van der Waals surface area (Å²) in [5.41, 5.74) is 7.70. The Morgan fingerprint density at radius 3 is 2.44 bits per heavy atom. The molecule has 0 radical (unpaired) electrons. The number of nitrogens with zero attached hydrogens (tertiary/aromatic N) is 1. The van der Waals surface area contributed by atoms with Gasteiger partial charge in [-0.1, -0.05) is 18.2 Å². The van der Waals surface area contributed by atoms with Gasteiger partial charge in [-0.15, -0.1) is 0 Å². The summed E-state index contributed by atoms with van der Waals surface area (Å²) in [7, 11) is 1.42. The molecule has 8 nitrogen and oxygen atoms in total. The number of ether oxygens (including phenoxy) is 2. The van der Waals surface area contributed by atoms with Crippen LogP contribution in [-0.2, 0) is 9.59 Å². The van der Waals surface area contributed by atoms with Gasteiger partial charge < -0.3 is 15.2 Å². The molecule has 0 fully saturated rings. The van der Waals surface area contributed by atoms with Crippen molar-refractivity contribution in [1.82, 2.24) is 5.43 Å². The standard InChI is InChI=1S/C17H15N3O5/c1-24-14-9-11(10-19-20-16(22)15(18)21)7-8-13(14)25-17(23)12-5-3-2-4-6-12/h2-10H,1H3,(H2,18,21)(H,20,22). The molecule has 0 unspecified atom stereocenters. The highest BCUT2D eigenvalue weighted by Gasteiger charge is 2.12. The third-order valence-corrected chi connectivity index (χ3v) is 3.00. The minimum absolute atomic E-state index is 0.231. The van der Waals surface area contributed by atoms with Gasteiger partial charge in [-0.3, -0.25) is 9.59 Å². The number of esters is 1. The normalized spacial score (nSPS) is 10.3. The van der Waals surface area contributed by atoms with Crippen LogP contribution in [-0.4, -0.2) is 31.1 Å². The van der Waals surface area contributed by atoms with Crippen LogP contribution in [0.1, 0.15) is 15.9 Å². The van der Waals surface area contributed by atoms with Crippen molar-refractivity contribution >= 4 is 24.0 Å². The van der Waals surface area contributed by atoms with Gasteiger partial charge >= 0.3 is 17.8 Å². The van der Waals surface area contributed by atoms with Gasteiger partial charge in [0.15, 0.2) is 11.5 Å². The first-order valence-electron chi connectivity index (χ1n) is 7.09. The van der Waals surface area contributed by atoms with Crippen LogP contribution in [0.3, 0.4) is 0 Å². The van der Waals surface area contributed by atoms with Gasteiger partial charge in [0.2, 0.25) is 0 Å². The number of primary amides is 1. The van der Waals surface area contributed by atoms with E-state index in [0.29, 0.717) is 16.9 Å². The summed E-state index contributed by atoms with van der Waals surface area (Å²) >= 11 is 0. The van der Waals surface area contributed by atoms with E-state index in [1.54, 1.807) is 42.5 Å². The predicted molar refractivity (Wildman–Crippen MR) is 89.3 cm³/mol. The van der Waals surface area contributed by atoms with E-state index in [9.17, 15) is 14.4 Å². The Balaban J connectivity index is 2.11. The highest BCUT2D eigenvalue weighted by molar-refractivity contribution is 6.34. The average Bonchev–Trinajstić information content (AvgIpc) is 2.63. The molecule has 0 saturated carbocycles. The zero-order valence-electron chi connectivity index (χ0n) is 13.3. The molecule has 2 aromatic carbocycles. The van der Waals surface area contributed by atoms with Crippen molar-refractivity contribution in [1.29, 1.82) is 0 Å². The van der Waals surface area contributed by atoms with Crippen molar-refractivity contribution in [3.8, 4) is 11.5 Å². The van der Waals surface area contributed by atoms with Crippen LogP contribution < -0.4 is 20.6 Å². The minimum Gasteiger partial charge on any atom is -0.493 e. The second kappa shape index (κ2) is 8.25. The number of hydrazone groups is 1. The molecule has 2 amide bonds.